The second kappa shape index (κ2) is 6.09. The minimum Gasteiger partial charge on any atom is -0.322 e. The van der Waals surface area contributed by atoms with Crippen LogP contribution in [0.5, 0.6) is 0 Å². The normalized spacial score (nSPS) is 10.3. The van der Waals surface area contributed by atoms with E-state index in [0.717, 1.165) is 12.1 Å². The van der Waals surface area contributed by atoms with Crippen molar-refractivity contribution in [1.29, 1.82) is 0 Å². The van der Waals surface area contributed by atoms with Gasteiger partial charge in [0.2, 0.25) is 0 Å². The quantitative estimate of drug-likeness (QED) is 0.865. The minimum absolute atomic E-state index is 0.241. The van der Waals surface area contributed by atoms with Crippen LogP contribution in [0.3, 0.4) is 0 Å². The summed E-state index contributed by atoms with van der Waals surface area (Å²) in [5.41, 5.74) is 2.34. The van der Waals surface area contributed by atoms with Crippen molar-refractivity contribution < 1.29 is 4.79 Å². The van der Waals surface area contributed by atoms with Crippen LogP contribution in [0, 0.1) is 0 Å². The molecular formula is C15H13Cl2NO. The van der Waals surface area contributed by atoms with Gasteiger partial charge in [0.05, 0.1) is 10.6 Å². The number of benzene rings is 2. The SMILES string of the molecule is CCc1cccc(NC(=O)c2ccc(Cl)cc2Cl)c1. The highest BCUT2D eigenvalue weighted by Gasteiger charge is 2.10. The van der Waals surface area contributed by atoms with Gasteiger partial charge < -0.3 is 5.32 Å². The lowest BCUT2D eigenvalue weighted by Gasteiger charge is -2.08. The summed E-state index contributed by atoms with van der Waals surface area (Å²) in [5.74, 6) is -0.241. The highest BCUT2D eigenvalue weighted by Crippen LogP contribution is 2.22. The molecule has 0 fully saturated rings. The predicted octanol–water partition coefficient (Wildman–Crippen LogP) is 4.81. The number of aryl methyl sites for hydroxylation is 1. The van der Waals surface area contributed by atoms with Gasteiger partial charge in [-0.3, -0.25) is 4.79 Å². The molecule has 0 spiro atoms. The molecule has 0 aliphatic carbocycles. The van der Waals surface area contributed by atoms with E-state index in [-0.39, 0.29) is 5.91 Å². The third kappa shape index (κ3) is 3.49. The van der Waals surface area contributed by atoms with E-state index in [1.165, 1.54) is 5.56 Å². The summed E-state index contributed by atoms with van der Waals surface area (Å²) in [6.45, 7) is 2.07. The molecule has 1 N–H and O–H groups in total. The summed E-state index contributed by atoms with van der Waals surface area (Å²) in [5, 5.41) is 3.68. The average Bonchev–Trinajstić information content (AvgIpc) is 2.38. The van der Waals surface area contributed by atoms with Gasteiger partial charge in [0.15, 0.2) is 0 Å². The van der Waals surface area contributed by atoms with Gasteiger partial charge in [-0.05, 0) is 42.3 Å². The lowest BCUT2D eigenvalue weighted by molar-refractivity contribution is 0.102. The summed E-state index contributed by atoms with van der Waals surface area (Å²) in [6, 6.07) is 12.5. The molecule has 1 amide bonds. The van der Waals surface area contributed by atoms with Crippen LogP contribution in [0.1, 0.15) is 22.8 Å². The first-order valence-electron chi connectivity index (χ1n) is 5.95. The fourth-order valence-electron chi connectivity index (χ4n) is 1.74. The Kier molecular flexibility index (Phi) is 4.46. The zero-order valence-corrected chi connectivity index (χ0v) is 11.9. The summed E-state index contributed by atoms with van der Waals surface area (Å²) in [7, 11) is 0. The first kappa shape index (κ1) is 13.9. The molecule has 0 bridgehead atoms. The molecule has 4 heteroatoms. The summed E-state index contributed by atoms with van der Waals surface area (Å²) in [4.78, 5) is 12.1. The molecule has 0 aliphatic heterocycles. The summed E-state index contributed by atoms with van der Waals surface area (Å²) in [6.07, 6.45) is 0.922. The molecule has 98 valence electrons. The van der Waals surface area contributed by atoms with Crippen molar-refractivity contribution in [2.75, 3.05) is 5.32 Å². The van der Waals surface area contributed by atoms with E-state index in [2.05, 4.69) is 12.2 Å². The van der Waals surface area contributed by atoms with Gasteiger partial charge in [-0.25, -0.2) is 0 Å². The highest BCUT2D eigenvalue weighted by atomic mass is 35.5. The lowest BCUT2D eigenvalue weighted by Crippen LogP contribution is -2.12. The number of hydrogen-bond acceptors (Lipinski definition) is 1. The molecule has 0 heterocycles. The van der Waals surface area contributed by atoms with Crippen LogP contribution < -0.4 is 5.32 Å². The zero-order valence-electron chi connectivity index (χ0n) is 10.4. The van der Waals surface area contributed by atoms with Crippen molar-refractivity contribution >= 4 is 34.8 Å². The van der Waals surface area contributed by atoms with E-state index in [0.29, 0.717) is 15.6 Å². The number of hydrogen-bond donors (Lipinski definition) is 1. The van der Waals surface area contributed by atoms with Gasteiger partial charge in [-0.2, -0.15) is 0 Å². The third-order valence-electron chi connectivity index (χ3n) is 2.77. The smallest absolute Gasteiger partial charge is 0.257 e. The largest absolute Gasteiger partial charge is 0.322 e. The van der Waals surface area contributed by atoms with Gasteiger partial charge in [0.25, 0.3) is 5.91 Å². The number of amides is 1. The Bertz CT molecular complexity index is 611. The maximum Gasteiger partial charge on any atom is 0.257 e. The topological polar surface area (TPSA) is 29.1 Å². The Balaban J connectivity index is 2.20. The average molecular weight is 294 g/mol. The summed E-state index contributed by atoms with van der Waals surface area (Å²) >= 11 is 11.8. The minimum atomic E-state index is -0.241. The third-order valence-corrected chi connectivity index (χ3v) is 3.32. The Labute approximate surface area is 122 Å². The van der Waals surface area contributed by atoms with Crippen LogP contribution in [-0.2, 0) is 6.42 Å². The molecule has 0 aliphatic rings. The van der Waals surface area contributed by atoms with Gasteiger partial charge in [-0.15, -0.1) is 0 Å². The predicted molar refractivity (Wildman–Crippen MR) is 80.2 cm³/mol. The van der Waals surface area contributed by atoms with Crippen molar-refractivity contribution in [1.82, 2.24) is 0 Å². The molecule has 2 aromatic carbocycles. The zero-order chi connectivity index (χ0) is 13.8. The number of anilines is 1. The first-order chi connectivity index (χ1) is 9.10. The van der Waals surface area contributed by atoms with Crippen molar-refractivity contribution in [2.45, 2.75) is 13.3 Å². The Morgan fingerprint density at radius 2 is 1.95 bits per heavy atom. The van der Waals surface area contributed by atoms with Crippen LogP contribution in [0.2, 0.25) is 10.0 Å². The number of carbonyl (C=O) groups excluding carboxylic acids is 1. The van der Waals surface area contributed by atoms with E-state index >= 15 is 0 Å². The molecule has 2 nitrogen and oxygen atoms in total. The number of halogens is 2. The first-order valence-corrected chi connectivity index (χ1v) is 6.71. The van der Waals surface area contributed by atoms with E-state index < -0.39 is 0 Å². The number of rotatable bonds is 3. The standard InChI is InChI=1S/C15H13Cl2NO/c1-2-10-4-3-5-12(8-10)18-15(19)13-7-6-11(16)9-14(13)17/h3-9H,2H2,1H3,(H,18,19). The van der Waals surface area contributed by atoms with Gasteiger partial charge in [-0.1, -0.05) is 42.3 Å². The highest BCUT2D eigenvalue weighted by molar-refractivity contribution is 6.37. The van der Waals surface area contributed by atoms with Crippen LogP contribution in [0.4, 0.5) is 5.69 Å². The Morgan fingerprint density at radius 3 is 2.63 bits per heavy atom. The number of carbonyl (C=O) groups is 1. The molecule has 0 unspecified atom stereocenters. The molecule has 19 heavy (non-hydrogen) atoms. The number of nitrogens with one attached hydrogen (secondary N) is 1. The van der Waals surface area contributed by atoms with Crippen LogP contribution in [-0.4, -0.2) is 5.91 Å². The molecular weight excluding hydrogens is 281 g/mol. The Hall–Kier alpha value is -1.51. The summed E-state index contributed by atoms with van der Waals surface area (Å²) < 4.78 is 0. The van der Waals surface area contributed by atoms with Crippen LogP contribution in [0.25, 0.3) is 0 Å². The molecule has 0 atom stereocenters. The maximum atomic E-state index is 12.1. The van der Waals surface area contributed by atoms with Crippen LogP contribution >= 0.6 is 23.2 Å². The van der Waals surface area contributed by atoms with E-state index in [1.54, 1.807) is 18.2 Å². The van der Waals surface area contributed by atoms with Crippen molar-refractivity contribution in [2.24, 2.45) is 0 Å². The van der Waals surface area contributed by atoms with Gasteiger partial charge >= 0.3 is 0 Å². The van der Waals surface area contributed by atoms with Gasteiger partial charge in [0.1, 0.15) is 0 Å². The fraction of sp³-hybridized carbons (Fsp3) is 0.133. The lowest BCUT2D eigenvalue weighted by atomic mass is 10.1. The van der Waals surface area contributed by atoms with Crippen molar-refractivity contribution in [3.05, 3.63) is 63.6 Å². The second-order valence-corrected chi connectivity index (χ2v) is 4.98. The molecule has 0 saturated carbocycles. The van der Waals surface area contributed by atoms with E-state index in [9.17, 15) is 4.79 Å². The monoisotopic (exact) mass is 293 g/mol. The van der Waals surface area contributed by atoms with Crippen LogP contribution in [0.15, 0.2) is 42.5 Å². The molecule has 0 aromatic heterocycles. The van der Waals surface area contributed by atoms with E-state index in [1.807, 2.05) is 24.3 Å². The Morgan fingerprint density at radius 1 is 1.16 bits per heavy atom. The molecule has 0 saturated heterocycles. The fourth-order valence-corrected chi connectivity index (χ4v) is 2.24. The van der Waals surface area contributed by atoms with Crippen molar-refractivity contribution in [3.63, 3.8) is 0 Å². The molecule has 0 radical (unpaired) electrons. The molecule has 2 rings (SSSR count). The van der Waals surface area contributed by atoms with Gasteiger partial charge in [0, 0.05) is 10.7 Å². The maximum absolute atomic E-state index is 12.1. The van der Waals surface area contributed by atoms with E-state index in [4.69, 9.17) is 23.2 Å². The second-order valence-electron chi connectivity index (χ2n) is 4.13. The molecule has 2 aromatic rings. The van der Waals surface area contributed by atoms with Crippen molar-refractivity contribution in [3.8, 4) is 0 Å².